The van der Waals surface area contributed by atoms with Crippen LogP contribution in [0.2, 0.25) is 0 Å². The van der Waals surface area contributed by atoms with E-state index in [2.05, 4.69) is 88.6 Å². The quantitative estimate of drug-likeness (QED) is 0.378. The van der Waals surface area contributed by atoms with Gasteiger partial charge in [0.05, 0.1) is 15.9 Å². The molecule has 0 bridgehead atoms. The minimum atomic E-state index is 0.402. The Morgan fingerprint density at radius 3 is 2.73 bits per heavy atom. The molecule has 0 unspecified atom stereocenters. The normalized spacial score (nSPS) is 14.7. The lowest BCUT2D eigenvalue weighted by molar-refractivity contribution is 0.589. The summed E-state index contributed by atoms with van der Waals surface area (Å²) in [6.07, 6.45) is 3.69. The number of aromatic nitrogens is 4. The molecular weight excluding hydrogens is 428 g/mol. The van der Waals surface area contributed by atoms with Gasteiger partial charge in [0.2, 0.25) is 0 Å². The van der Waals surface area contributed by atoms with E-state index in [1.165, 1.54) is 37.6 Å². The van der Waals surface area contributed by atoms with Crippen molar-refractivity contribution in [2.45, 2.75) is 26.7 Å². The van der Waals surface area contributed by atoms with Gasteiger partial charge in [0, 0.05) is 48.5 Å². The molecule has 1 saturated heterocycles. The first kappa shape index (κ1) is 20.4. The van der Waals surface area contributed by atoms with Crippen LogP contribution in [0.4, 0.5) is 5.69 Å². The molecule has 0 amide bonds. The summed E-state index contributed by atoms with van der Waals surface area (Å²) in [7, 11) is 0. The van der Waals surface area contributed by atoms with Crippen molar-refractivity contribution in [2.75, 3.05) is 31.1 Å². The van der Waals surface area contributed by atoms with Gasteiger partial charge >= 0.3 is 0 Å². The fourth-order valence-electron chi connectivity index (χ4n) is 4.93. The number of anilines is 1. The summed E-state index contributed by atoms with van der Waals surface area (Å²) in [5, 5.41) is 7.81. The van der Waals surface area contributed by atoms with Crippen molar-refractivity contribution < 1.29 is 0 Å². The highest BCUT2D eigenvalue weighted by Gasteiger charge is 2.20. The smallest absolute Gasteiger partial charge is 0.158 e. The van der Waals surface area contributed by atoms with E-state index in [9.17, 15) is 0 Å². The number of hydrogen-bond acceptors (Lipinski definition) is 5. The Bertz CT molecular complexity index is 1450. The van der Waals surface area contributed by atoms with Crippen LogP contribution in [-0.2, 0) is 0 Å². The Morgan fingerprint density at radius 1 is 1.06 bits per heavy atom. The van der Waals surface area contributed by atoms with Crippen LogP contribution in [-0.4, -0.2) is 45.8 Å². The van der Waals surface area contributed by atoms with E-state index < -0.39 is 0 Å². The number of thiophene rings is 1. The molecular formula is C26H28N6S. The topological polar surface area (TPSA) is 61.2 Å². The zero-order chi connectivity index (χ0) is 22.5. The van der Waals surface area contributed by atoms with E-state index in [1.807, 2.05) is 15.9 Å². The van der Waals surface area contributed by atoms with Gasteiger partial charge in [-0.05, 0) is 53.8 Å². The largest absolute Gasteiger partial charge is 0.369 e. The van der Waals surface area contributed by atoms with Gasteiger partial charge in [-0.3, -0.25) is 0 Å². The third kappa shape index (κ3) is 3.52. The van der Waals surface area contributed by atoms with E-state index in [4.69, 9.17) is 0 Å². The standard InChI is InChI=1S/C26H28N6S/c1-16(2)23-24(19-11-17(3)26-28-15-29-32(26)14-19)30-21-13-22(33-25(21)23)18-5-4-6-20(12-18)31-9-7-27-8-10-31/h4-6,11-16,27,30H,7-10H2,1-3H3. The maximum atomic E-state index is 4.37. The number of H-pyrrole nitrogens is 1. The molecule has 6 rings (SSSR count). The second-order valence-corrected chi connectivity index (χ2v) is 10.2. The highest BCUT2D eigenvalue weighted by molar-refractivity contribution is 7.22. The maximum absolute atomic E-state index is 4.37. The maximum Gasteiger partial charge on any atom is 0.158 e. The monoisotopic (exact) mass is 456 g/mol. The van der Waals surface area contributed by atoms with Gasteiger partial charge in [-0.25, -0.2) is 9.50 Å². The van der Waals surface area contributed by atoms with Crippen LogP contribution in [0.1, 0.15) is 30.9 Å². The van der Waals surface area contributed by atoms with E-state index >= 15 is 0 Å². The van der Waals surface area contributed by atoms with E-state index in [0.29, 0.717) is 5.92 Å². The lowest BCUT2D eigenvalue weighted by atomic mass is 9.99. The van der Waals surface area contributed by atoms with Crippen LogP contribution in [0, 0.1) is 6.92 Å². The molecule has 0 radical (unpaired) electrons. The zero-order valence-corrected chi connectivity index (χ0v) is 20.0. The summed E-state index contributed by atoms with van der Waals surface area (Å²) in [5.41, 5.74) is 9.56. The van der Waals surface area contributed by atoms with Crippen molar-refractivity contribution in [3.05, 3.63) is 60.0 Å². The van der Waals surface area contributed by atoms with Crippen molar-refractivity contribution in [1.82, 2.24) is 24.9 Å². The zero-order valence-electron chi connectivity index (χ0n) is 19.2. The first-order valence-electron chi connectivity index (χ1n) is 11.6. The average Bonchev–Trinajstić information content (AvgIpc) is 3.54. The van der Waals surface area contributed by atoms with E-state index in [1.54, 1.807) is 6.33 Å². The summed E-state index contributed by atoms with van der Waals surface area (Å²) in [6, 6.07) is 13.5. The lowest BCUT2D eigenvalue weighted by Crippen LogP contribution is -2.43. The van der Waals surface area contributed by atoms with Gasteiger partial charge in [0.1, 0.15) is 6.33 Å². The number of nitrogens with zero attached hydrogens (tertiary/aromatic N) is 4. The molecule has 4 aromatic heterocycles. The van der Waals surface area contributed by atoms with Crippen molar-refractivity contribution in [1.29, 1.82) is 0 Å². The molecule has 0 atom stereocenters. The van der Waals surface area contributed by atoms with Gasteiger partial charge in [-0.1, -0.05) is 26.0 Å². The Labute approximate surface area is 197 Å². The van der Waals surface area contributed by atoms with E-state index in [-0.39, 0.29) is 0 Å². The van der Waals surface area contributed by atoms with Crippen LogP contribution in [0.25, 0.3) is 37.6 Å². The van der Waals surface area contributed by atoms with Crippen molar-refractivity contribution in [3.63, 3.8) is 0 Å². The first-order valence-corrected chi connectivity index (χ1v) is 12.4. The fraction of sp³-hybridized carbons (Fsp3) is 0.308. The van der Waals surface area contributed by atoms with Crippen LogP contribution < -0.4 is 10.2 Å². The van der Waals surface area contributed by atoms with Crippen LogP contribution in [0.5, 0.6) is 0 Å². The fourth-order valence-corrected chi connectivity index (χ4v) is 6.24. The lowest BCUT2D eigenvalue weighted by Gasteiger charge is -2.29. The van der Waals surface area contributed by atoms with Gasteiger partial charge in [0.25, 0.3) is 0 Å². The molecule has 1 fully saturated rings. The highest BCUT2D eigenvalue weighted by Crippen LogP contribution is 2.43. The third-order valence-electron chi connectivity index (χ3n) is 6.54. The molecule has 7 heteroatoms. The average molecular weight is 457 g/mol. The SMILES string of the molecule is Cc1cc(-c2[nH]c3cc(-c4cccc(N5CCNCC5)c4)sc3c2C(C)C)cn2ncnc12. The summed E-state index contributed by atoms with van der Waals surface area (Å²) in [5.74, 6) is 0.402. The number of pyridine rings is 1. The first-order chi connectivity index (χ1) is 16.1. The van der Waals surface area contributed by atoms with Crippen LogP contribution >= 0.6 is 11.3 Å². The van der Waals surface area contributed by atoms with Gasteiger partial charge in [0.15, 0.2) is 5.65 Å². The molecule has 1 aromatic carbocycles. The summed E-state index contributed by atoms with van der Waals surface area (Å²) in [6.45, 7) is 10.9. The minimum Gasteiger partial charge on any atom is -0.369 e. The number of fused-ring (bicyclic) bond motifs is 2. The molecule has 2 N–H and O–H groups in total. The van der Waals surface area contributed by atoms with Crippen molar-refractivity contribution in [3.8, 4) is 21.7 Å². The highest BCUT2D eigenvalue weighted by atomic mass is 32.1. The second-order valence-electron chi connectivity index (χ2n) is 9.15. The molecule has 33 heavy (non-hydrogen) atoms. The predicted octanol–water partition coefficient (Wildman–Crippen LogP) is 5.45. The molecule has 0 saturated carbocycles. The Morgan fingerprint density at radius 2 is 1.91 bits per heavy atom. The number of aromatic amines is 1. The predicted molar refractivity (Wildman–Crippen MR) is 138 cm³/mol. The molecule has 168 valence electrons. The molecule has 1 aliphatic heterocycles. The molecule has 5 heterocycles. The summed E-state index contributed by atoms with van der Waals surface area (Å²) < 4.78 is 3.22. The van der Waals surface area contributed by atoms with Gasteiger partial charge in [-0.15, -0.1) is 11.3 Å². The number of rotatable bonds is 4. The van der Waals surface area contributed by atoms with Crippen LogP contribution in [0.15, 0.2) is 48.9 Å². The number of benzene rings is 1. The van der Waals surface area contributed by atoms with Crippen LogP contribution in [0.3, 0.4) is 0 Å². The number of piperazine rings is 1. The second kappa shape index (κ2) is 8.01. The molecule has 5 aromatic rings. The molecule has 1 aliphatic rings. The Hall–Kier alpha value is -3.16. The van der Waals surface area contributed by atoms with Crippen molar-refractivity contribution >= 4 is 32.9 Å². The number of nitrogens with one attached hydrogen (secondary N) is 2. The van der Waals surface area contributed by atoms with Crippen molar-refractivity contribution in [2.24, 2.45) is 0 Å². The third-order valence-corrected chi connectivity index (χ3v) is 7.76. The minimum absolute atomic E-state index is 0.402. The van der Waals surface area contributed by atoms with E-state index in [0.717, 1.165) is 43.0 Å². The Balaban J connectivity index is 1.43. The number of aryl methyl sites for hydroxylation is 1. The molecule has 6 nitrogen and oxygen atoms in total. The van der Waals surface area contributed by atoms with Gasteiger partial charge in [-0.2, -0.15) is 5.10 Å². The Kier molecular flexibility index (Phi) is 4.96. The van der Waals surface area contributed by atoms with Gasteiger partial charge < -0.3 is 15.2 Å². The number of hydrogen-bond donors (Lipinski definition) is 2. The molecule has 0 spiro atoms. The molecule has 0 aliphatic carbocycles. The summed E-state index contributed by atoms with van der Waals surface area (Å²) >= 11 is 1.89. The summed E-state index contributed by atoms with van der Waals surface area (Å²) in [4.78, 5) is 11.9.